The van der Waals surface area contributed by atoms with E-state index in [4.69, 9.17) is 15.6 Å². The van der Waals surface area contributed by atoms with E-state index in [1.54, 1.807) is 11.8 Å². The molecule has 0 aromatic carbocycles. The van der Waals surface area contributed by atoms with Crippen molar-refractivity contribution in [2.75, 3.05) is 12.4 Å². The molecule has 0 aromatic heterocycles. The van der Waals surface area contributed by atoms with Gasteiger partial charge in [-0.15, -0.1) is 11.8 Å². The van der Waals surface area contributed by atoms with Crippen LogP contribution in [0.25, 0.3) is 0 Å². The fraction of sp³-hybridized carbons (Fsp3) is 1.00. The normalized spacial score (nSPS) is 42.0. The van der Waals surface area contributed by atoms with Gasteiger partial charge in [-0.3, -0.25) is 0 Å². The SMILES string of the molecule is CCS[C@H]1O[C@H](CO)[C@@H](O)[C@@H]1N. The lowest BCUT2D eigenvalue weighted by Crippen LogP contribution is -2.40. The van der Waals surface area contributed by atoms with E-state index < -0.39 is 12.2 Å². The minimum Gasteiger partial charge on any atom is -0.394 e. The first-order valence-corrected chi connectivity index (χ1v) is 5.07. The summed E-state index contributed by atoms with van der Waals surface area (Å²) in [6, 6.07) is -0.382. The summed E-state index contributed by atoms with van der Waals surface area (Å²) in [5, 5.41) is 18.2. The summed E-state index contributed by atoms with van der Waals surface area (Å²) in [5.41, 5.74) is 5.49. The van der Waals surface area contributed by atoms with Crippen LogP contribution in [0, 0.1) is 0 Å². The van der Waals surface area contributed by atoms with Gasteiger partial charge in [-0.2, -0.15) is 0 Å². The molecular weight excluding hydrogens is 178 g/mol. The molecule has 0 amide bonds. The number of thioether (sulfide) groups is 1. The standard InChI is InChI=1S/C7H15NO3S/c1-2-12-7-5(8)6(10)4(3-9)11-7/h4-7,9-10H,2-3,8H2,1H3/t4-,5+,6-,7-/m1/s1. The Kier molecular flexibility index (Phi) is 3.79. The molecular formula is C7H15NO3S. The van der Waals surface area contributed by atoms with Crippen LogP contribution in [0.1, 0.15) is 6.92 Å². The molecule has 5 heteroatoms. The second kappa shape index (κ2) is 4.43. The Balaban J connectivity index is 2.48. The first-order chi connectivity index (χ1) is 5.70. The maximum atomic E-state index is 9.43. The summed E-state index contributed by atoms with van der Waals surface area (Å²) < 4.78 is 5.31. The molecule has 1 fully saturated rings. The lowest BCUT2D eigenvalue weighted by Gasteiger charge is -2.13. The van der Waals surface area contributed by atoms with Gasteiger partial charge in [-0.1, -0.05) is 6.92 Å². The molecule has 1 heterocycles. The Morgan fingerprint density at radius 1 is 1.58 bits per heavy atom. The van der Waals surface area contributed by atoms with Crippen LogP contribution in [-0.4, -0.2) is 46.3 Å². The van der Waals surface area contributed by atoms with Crippen LogP contribution in [0.3, 0.4) is 0 Å². The minimum absolute atomic E-state index is 0.171. The topological polar surface area (TPSA) is 75.7 Å². The van der Waals surface area contributed by atoms with E-state index in [1.165, 1.54) is 0 Å². The highest BCUT2D eigenvalue weighted by Crippen LogP contribution is 2.27. The highest BCUT2D eigenvalue weighted by atomic mass is 32.2. The second-order valence-corrected chi connectivity index (χ2v) is 4.12. The van der Waals surface area contributed by atoms with Crippen molar-refractivity contribution >= 4 is 11.8 Å². The zero-order valence-electron chi connectivity index (χ0n) is 7.01. The smallest absolute Gasteiger partial charge is 0.121 e. The summed E-state index contributed by atoms with van der Waals surface area (Å²) >= 11 is 1.55. The Labute approximate surface area is 76.1 Å². The third-order valence-corrected chi connectivity index (χ3v) is 3.00. The maximum absolute atomic E-state index is 9.43. The summed E-state index contributed by atoms with van der Waals surface area (Å²) in [7, 11) is 0. The highest BCUT2D eigenvalue weighted by Gasteiger charge is 2.40. The Bertz CT molecular complexity index is 147. The summed E-state index contributed by atoms with van der Waals surface area (Å²) in [4.78, 5) is 0. The quantitative estimate of drug-likeness (QED) is 0.544. The van der Waals surface area contributed by atoms with Gasteiger partial charge >= 0.3 is 0 Å². The van der Waals surface area contributed by atoms with Gasteiger partial charge in [0.25, 0.3) is 0 Å². The van der Waals surface area contributed by atoms with Gasteiger partial charge in [0, 0.05) is 0 Å². The maximum Gasteiger partial charge on any atom is 0.121 e. The predicted molar refractivity (Wildman–Crippen MR) is 47.9 cm³/mol. The number of ether oxygens (including phenoxy) is 1. The van der Waals surface area contributed by atoms with Crippen molar-refractivity contribution in [3.63, 3.8) is 0 Å². The van der Waals surface area contributed by atoms with Crippen LogP contribution in [0.15, 0.2) is 0 Å². The van der Waals surface area contributed by atoms with E-state index in [9.17, 15) is 5.11 Å². The molecule has 0 aliphatic carbocycles. The lowest BCUT2D eigenvalue weighted by molar-refractivity contribution is -0.00282. The van der Waals surface area contributed by atoms with Crippen molar-refractivity contribution in [1.29, 1.82) is 0 Å². The molecule has 1 aliphatic heterocycles. The van der Waals surface area contributed by atoms with Crippen molar-refractivity contribution in [3.05, 3.63) is 0 Å². The number of rotatable bonds is 3. The largest absolute Gasteiger partial charge is 0.394 e. The van der Waals surface area contributed by atoms with Gasteiger partial charge in [-0.25, -0.2) is 0 Å². The molecule has 1 rings (SSSR count). The van der Waals surface area contributed by atoms with Gasteiger partial charge in [-0.05, 0) is 5.75 Å². The Hall–Kier alpha value is 0.190. The molecule has 0 unspecified atom stereocenters. The average Bonchev–Trinajstić information content (AvgIpc) is 2.33. The molecule has 1 aliphatic rings. The fourth-order valence-electron chi connectivity index (χ4n) is 1.22. The first-order valence-electron chi connectivity index (χ1n) is 4.02. The van der Waals surface area contributed by atoms with Crippen LogP contribution in [0.4, 0.5) is 0 Å². The van der Waals surface area contributed by atoms with E-state index in [1.807, 2.05) is 6.92 Å². The monoisotopic (exact) mass is 193 g/mol. The molecule has 12 heavy (non-hydrogen) atoms. The predicted octanol–water partition coefficient (Wildman–Crippen LogP) is -0.855. The first kappa shape index (κ1) is 10.3. The molecule has 0 spiro atoms. The van der Waals surface area contributed by atoms with Gasteiger partial charge in [0.15, 0.2) is 0 Å². The molecule has 1 saturated heterocycles. The van der Waals surface area contributed by atoms with Crippen LogP contribution < -0.4 is 5.73 Å². The highest BCUT2D eigenvalue weighted by molar-refractivity contribution is 7.99. The fourth-order valence-corrected chi connectivity index (χ4v) is 2.15. The molecule has 4 N–H and O–H groups in total. The van der Waals surface area contributed by atoms with Crippen molar-refractivity contribution in [1.82, 2.24) is 0 Å². The van der Waals surface area contributed by atoms with Crippen LogP contribution >= 0.6 is 11.8 Å². The Morgan fingerprint density at radius 3 is 2.67 bits per heavy atom. The van der Waals surface area contributed by atoms with Crippen molar-refractivity contribution in [2.45, 2.75) is 30.6 Å². The number of hydrogen-bond donors (Lipinski definition) is 3. The molecule has 72 valence electrons. The van der Waals surface area contributed by atoms with Crippen molar-refractivity contribution in [3.8, 4) is 0 Å². The van der Waals surface area contributed by atoms with Gasteiger partial charge in [0.1, 0.15) is 17.6 Å². The Morgan fingerprint density at radius 2 is 2.25 bits per heavy atom. The summed E-state index contributed by atoms with van der Waals surface area (Å²) in [6.45, 7) is 1.83. The van der Waals surface area contributed by atoms with Gasteiger partial charge in [0.2, 0.25) is 0 Å². The van der Waals surface area contributed by atoms with Crippen LogP contribution in [0.2, 0.25) is 0 Å². The van der Waals surface area contributed by atoms with Crippen LogP contribution in [0.5, 0.6) is 0 Å². The second-order valence-electron chi connectivity index (χ2n) is 2.75. The molecule has 4 nitrogen and oxygen atoms in total. The number of aliphatic hydroxyl groups excluding tert-OH is 2. The number of nitrogens with two attached hydrogens (primary N) is 1. The van der Waals surface area contributed by atoms with E-state index in [0.717, 1.165) is 5.75 Å². The molecule has 0 bridgehead atoms. The summed E-state index contributed by atoms with van der Waals surface area (Å²) in [6.07, 6.45) is -1.25. The average molecular weight is 193 g/mol. The zero-order chi connectivity index (χ0) is 9.14. The zero-order valence-corrected chi connectivity index (χ0v) is 7.83. The molecule has 0 aromatic rings. The third-order valence-electron chi connectivity index (χ3n) is 1.91. The van der Waals surface area contributed by atoms with Crippen molar-refractivity contribution in [2.24, 2.45) is 5.73 Å². The van der Waals surface area contributed by atoms with E-state index in [2.05, 4.69) is 0 Å². The van der Waals surface area contributed by atoms with Gasteiger partial charge < -0.3 is 20.7 Å². The number of aliphatic hydroxyl groups is 2. The third kappa shape index (κ3) is 1.92. The minimum atomic E-state index is -0.737. The lowest BCUT2D eigenvalue weighted by atomic mass is 10.1. The van der Waals surface area contributed by atoms with E-state index in [0.29, 0.717) is 0 Å². The van der Waals surface area contributed by atoms with Crippen molar-refractivity contribution < 1.29 is 14.9 Å². The van der Waals surface area contributed by atoms with E-state index >= 15 is 0 Å². The van der Waals surface area contributed by atoms with Gasteiger partial charge in [0.05, 0.1) is 12.6 Å². The number of hydrogen-bond acceptors (Lipinski definition) is 5. The molecule has 4 atom stereocenters. The molecule has 0 radical (unpaired) electrons. The van der Waals surface area contributed by atoms with E-state index in [-0.39, 0.29) is 18.1 Å². The van der Waals surface area contributed by atoms with Crippen LogP contribution in [-0.2, 0) is 4.74 Å². The summed E-state index contributed by atoms with van der Waals surface area (Å²) in [5.74, 6) is 0.892. The molecule has 0 saturated carbocycles.